The molecule has 1 heterocycles. The highest BCUT2D eigenvalue weighted by Crippen LogP contribution is 2.09. The van der Waals surface area contributed by atoms with Crippen LogP contribution in [0.15, 0.2) is 0 Å². The van der Waals surface area contributed by atoms with Crippen molar-refractivity contribution in [2.24, 2.45) is 0 Å². The Morgan fingerprint density at radius 1 is 1.11 bits per heavy atom. The van der Waals surface area contributed by atoms with Crippen molar-refractivity contribution in [3.05, 3.63) is 0 Å². The van der Waals surface area contributed by atoms with Crippen molar-refractivity contribution in [2.75, 3.05) is 13.1 Å². The van der Waals surface area contributed by atoms with E-state index in [9.17, 15) is 0 Å². The third-order valence-electron chi connectivity index (χ3n) is 1.87. The molecule has 1 aliphatic rings. The van der Waals surface area contributed by atoms with Crippen LogP contribution >= 0.6 is 0 Å². The summed E-state index contributed by atoms with van der Waals surface area (Å²) in [7, 11) is 0. The van der Waals surface area contributed by atoms with Gasteiger partial charge in [0.1, 0.15) is 0 Å². The quantitative estimate of drug-likeness (QED) is 0.515. The van der Waals surface area contributed by atoms with Crippen molar-refractivity contribution in [1.29, 1.82) is 0 Å². The van der Waals surface area contributed by atoms with E-state index in [1.807, 2.05) is 0 Å². The van der Waals surface area contributed by atoms with Gasteiger partial charge in [-0.1, -0.05) is 0 Å². The molecule has 0 bridgehead atoms. The van der Waals surface area contributed by atoms with Gasteiger partial charge in [-0.3, -0.25) is 0 Å². The van der Waals surface area contributed by atoms with E-state index in [4.69, 9.17) is 0 Å². The first-order valence-corrected chi connectivity index (χ1v) is 3.55. The van der Waals surface area contributed by atoms with Crippen LogP contribution in [0.5, 0.6) is 0 Å². The summed E-state index contributed by atoms with van der Waals surface area (Å²) in [6.45, 7) is 7.20. The summed E-state index contributed by atoms with van der Waals surface area (Å²) in [5.74, 6) is 0. The first kappa shape index (κ1) is 8.92. The third kappa shape index (κ3) is 2.33. The summed E-state index contributed by atoms with van der Waals surface area (Å²) in [5, 5.41) is 0. The van der Waals surface area contributed by atoms with Crippen LogP contribution in [0, 0.1) is 0 Å². The molecule has 0 radical (unpaired) electrons. The van der Waals surface area contributed by atoms with E-state index >= 15 is 0 Å². The van der Waals surface area contributed by atoms with E-state index in [1.165, 1.54) is 25.9 Å². The van der Waals surface area contributed by atoms with Crippen LogP contribution in [-0.4, -0.2) is 29.5 Å². The lowest BCUT2D eigenvalue weighted by molar-refractivity contribution is 0.276. The fraction of sp³-hybridized carbons (Fsp3) is 1.00. The number of hydrogen-bond acceptors (Lipinski definition) is 1. The minimum atomic E-state index is 0. The lowest BCUT2D eigenvalue weighted by atomic mass is 10.3. The zero-order valence-corrected chi connectivity index (χ0v) is 6.35. The second-order valence-electron chi connectivity index (χ2n) is 2.84. The first-order chi connectivity index (χ1) is 3.80. The molecule has 0 aromatic carbocycles. The van der Waals surface area contributed by atoms with Crippen LogP contribution in [0.3, 0.4) is 0 Å². The monoisotopic (exact) mass is 131 g/mol. The van der Waals surface area contributed by atoms with Gasteiger partial charge < -0.3 is 10.4 Å². The average Bonchev–Trinajstić information content (AvgIpc) is 2.12. The Hall–Kier alpha value is -0.0800. The van der Waals surface area contributed by atoms with Gasteiger partial charge in [0.15, 0.2) is 0 Å². The van der Waals surface area contributed by atoms with E-state index in [1.54, 1.807) is 0 Å². The molecular formula is C7H17NO. The normalized spacial score (nSPS) is 20.3. The fourth-order valence-electron chi connectivity index (χ4n) is 1.26. The maximum Gasteiger partial charge on any atom is 0.00385 e. The molecule has 9 heavy (non-hydrogen) atoms. The topological polar surface area (TPSA) is 34.7 Å². The molecule has 2 heteroatoms. The van der Waals surface area contributed by atoms with Gasteiger partial charge in [0.2, 0.25) is 0 Å². The Morgan fingerprint density at radius 2 is 1.56 bits per heavy atom. The molecule has 0 aromatic heterocycles. The van der Waals surface area contributed by atoms with Crippen LogP contribution in [-0.2, 0) is 0 Å². The highest BCUT2D eigenvalue weighted by molar-refractivity contribution is 4.68. The van der Waals surface area contributed by atoms with E-state index in [0.29, 0.717) is 0 Å². The molecule has 0 aromatic rings. The zero-order valence-electron chi connectivity index (χ0n) is 6.35. The lowest BCUT2D eigenvalue weighted by Gasteiger charge is -2.18. The van der Waals surface area contributed by atoms with Gasteiger partial charge in [-0.25, -0.2) is 0 Å². The molecule has 1 aliphatic heterocycles. The molecule has 0 saturated carbocycles. The van der Waals surface area contributed by atoms with Crippen molar-refractivity contribution in [3.8, 4) is 0 Å². The number of hydrogen-bond donors (Lipinski definition) is 0. The maximum atomic E-state index is 2.53. The Labute approximate surface area is 57.2 Å². The number of likely N-dealkylation sites (tertiary alicyclic amines) is 1. The molecule has 0 unspecified atom stereocenters. The molecule has 0 amide bonds. The van der Waals surface area contributed by atoms with Gasteiger partial charge in [-0.2, -0.15) is 0 Å². The molecule has 1 fully saturated rings. The van der Waals surface area contributed by atoms with Crippen molar-refractivity contribution in [1.82, 2.24) is 4.90 Å². The molecule has 0 spiro atoms. The summed E-state index contributed by atoms with van der Waals surface area (Å²) < 4.78 is 0. The van der Waals surface area contributed by atoms with Crippen molar-refractivity contribution in [2.45, 2.75) is 32.7 Å². The predicted octanol–water partition coefficient (Wildman–Crippen LogP) is 0.666. The first-order valence-electron chi connectivity index (χ1n) is 3.55. The summed E-state index contributed by atoms with van der Waals surface area (Å²) >= 11 is 0. The zero-order chi connectivity index (χ0) is 5.98. The molecule has 2 N–H and O–H groups in total. The van der Waals surface area contributed by atoms with E-state index in [-0.39, 0.29) is 5.48 Å². The van der Waals surface area contributed by atoms with Crippen LogP contribution in [0.2, 0.25) is 0 Å². The molecule has 1 rings (SSSR count). The molecule has 0 aliphatic carbocycles. The number of rotatable bonds is 1. The van der Waals surface area contributed by atoms with Crippen molar-refractivity contribution >= 4 is 0 Å². The van der Waals surface area contributed by atoms with Gasteiger partial charge in [0.25, 0.3) is 0 Å². The van der Waals surface area contributed by atoms with Crippen molar-refractivity contribution < 1.29 is 5.48 Å². The Morgan fingerprint density at radius 3 is 1.78 bits per heavy atom. The van der Waals surface area contributed by atoms with Crippen molar-refractivity contribution in [3.63, 3.8) is 0 Å². The SMILES string of the molecule is CC(C)N1CCCC1.O. The van der Waals surface area contributed by atoms with Crippen LogP contribution in [0.1, 0.15) is 26.7 Å². The summed E-state index contributed by atoms with van der Waals surface area (Å²) in [6, 6.07) is 0.775. The van der Waals surface area contributed by atoms with Gasteiger partial charge in [-0.15, -0.1) is 0 Å². The smallest absolute Gasteiger partial charge is 0.00385 e. The molecular weight excluding hydrogens is 114 g/mol. The molecule has 0 atom stereocenters. The van der Waals surface area contributed by atoms with Crippen LogP contribution < -0.4 is 0 Å². The van der Waals surface area contributed by atoms with Gasteiger partial charge in [-0.05, 0) is 39.8 Å². The Bertz CT molecular complexity index is 67.3. The summed E-state index contributed by atoms with van der Waals surface area (Å²) in [6.07, 6.45) is 2.83. The highest BCUT2D eigenvalue weighted by Gasteiger charge is 2.13. The summed E-state index contributed by atoms with van der Waals surface area (Å²) in [4.78, 5) is 2.53. The standard InChI is InChI=1S/C7H15N.H2O/c1-7(2)8-5-3-4-6-8;/h7H,3-6H2,1-2H3;1H2. The summed E-state index contributed by atoms with van der Waals surface area (Å²) in [5.41, 5.74) is 0. The minimum Gasteiger partial charge on any atom is -0.412 e. The van der Waals surface area contributed by atoms with Gasteiger partial charge in [0, 0.05) is 6.04 Å². The fourth-order valence-corrected chi connectivity index (χ4v) is 1.26. The van der Waals surface area contributed by atoms with Gasteiger partial charge >= 0.3 is 0 Å². The molecule has 1 saturated heterocycles. The van der Waals surface area contributed by atoms with Crippen LogP contribution in [0.4, 0.5) is 0 Å². The molecule has 2 nitrogen and oxygen atoms in total. The second-order valence-corrected chi connectivity index (χ2v) is 2.84. The Kier molecular flexibility index (Phi) is 3.82. The largest absolute Gasteiger partial charge is 0.412 e. The maximum absolute atomic E-state index is 2.53. The van der Waals surface area contributed by atoms with E-state index < -0.39 is 0 Å². The second kappa shape index (κ2) is 3.85. The van der Waals surface area contributed by atoms with E-state index in [2.05, 4.69) is 18.7 Å². The predicted molar refractivity (Wildman–Crippen MR) is 39.6 cm³/mol. The average molecular weight is 131 g/mol. The molecule has 56 valence electrons. The van der Waals surface area contributed by atoms with E-state index in [0.717, 1.165) is 6.04 Å². The minimum absolute atomic E-state index is 0. The number of nitrogens with zero attached hydrogens (tertiary/aromatic N) is 1. The van der Waals surface area contributed by atoms with Crippen LogP contribution in [0.25, 0.3) is 0 Å². The Balaban J connectivity index is 0.000000640. The lowest BCUT2D eigenvalue weighted by Crippen LogP contribution is -2.26. The highest BCUT2D eigenvalue weighted by atomic mass is 16.0. The van der Waals surface area contributed by atoms with Gasteiger partial charge in [0.05, 0.1) is 0 Å². The third-order valence-corrected chi connectivity index (χ3v) is 1.87.